The smallest absolute Gasteiger partial charge is 0.362 e. The number of unbranched alkanes of at least 4 members (excludes halogenated alkanes) is 18. The first-order valence-electron chi connectivity index (χ1n) is 26.1. The fraction of sp³-hybridized carbons (Fsp3) is 0.702. The molecule has 1 N–H and O–H groups in total. The van der Waals surface area contributed by atoms with Gasteiger partial charge in [-0.25, -0.2) is 4.79 Å². The molecule has 0 aliphatic heterocycles. The average Bonchev–Trinajstić information content (AvgIpc) is 3.27. The highest BCUT2D eigenvalue weighted by Gasteiger charge is 2.31. The first-order chi connectivity index (χ1) is 31.6. The molecule has 0 saturated carbocycles. The van der Waals surface area contributed by atoms with Crippen LogP contribution in [0.4, 0.5) is 0 Å². The summed E-state index contributed by atoms with van der Waals surface area (Å²) in [6, 6.07) is -0.631. The first-order valence-corrected chi connectivity index (χ1v) is 26.1. The van der Waals surface area contributed by atoms with Gasteiger partial charge in [0.1, 0.15) is 6.61 Å². The molecule has 0 saturated heterocycles. The summed E-state index contributed by atoms with van der Waals surface area (Å²) in [6.07, 6.45) is 62.3. The molecular formula is C57H98NO7+. The largest absolute Gasteiger partial charge is 0.477 e. The number of nitrogens with zero attached hydrogens (tertiary/aromatic N) is 1. The van der Waals surface area contributed by atoms with Gasteiger partial charge in [0.2, 0.25) is 0 Å². The van der Waals surface area contributed by atoms with E-state index in [2.05, 4.69) is 86.8 Å². The third-order valence-electron chi connectivity index (χ3n) is 11.3. The molecule has 0 rings (SSSR count). The van der Waals surface area contributed by atoms with Gasteiger partial charge in [-0.3, -0.25) is 9.59 Å². The summed E-state index contributed by atoms with van der Waals surface area (Å²) in [5, 5.41) is 9.66. The summed E-state index contributed by atoms with van der Waals surface area (Å²) in [4.78, 5) is 37.1. The third-order valence-corrected chi connectivity index (χ3v) is 11.3. The Hall–Kier alpha value is -3.49. The zero-order valence-electron chi connectivity index (χ0n) is 42.4. The van der Waals surface area contributed by atoms with Gasteiger partial charge in [-0.05, 0) is 77.0 Å². The van der Waals surface area contributed by atoms with Crippen LogP contribution in [0, 0.1) is 0 Å². The average molecular weight is 909 g/mol. The molecule has 0 aromatic heterocycles. The van der Waals surface area contributed by atoms with Gasteiger partial charge in [0.25, 0.3) is 0 Å². The van der Waals surface area contributed by atoms with Crippen LogP contribution in [0.5, 0.6) is 0 Å². The minimum absolute atomic E-state index is 0.0319. The molecule has 0 aliphatic rings. The van der Waals surface area contributed by atoms with Crippen LogP contribution in [-0.4, -0.2) is 80.6 Å². The molecular weight excluding hydrogens is 811 g/mol. The van der Waals surface area contributed by atoms with Gasteiger partial charge in [0, 0.05) is 19.3 Å². The van der Waals surface area contributed by atoms with Crippen molar-refractivity contribution >= 4 is 17.9 Å². The van der Waals surface area contributed by atoms with Crippen LogP contribution in [0.3, 0.4) is 0 Å². The summed E-state index contributed by atoms with van der Waals surface area (Å²) in [7, 11) is 5.51. The van der Waals surface area contributed by atoms with Gasteiger partial charge in [-0.15, -0.1) is 0 Å². The highest BCUT2D eigenvalue weighted by Crippen LogP contribution is 2.15. The first kappa shape index (κ1) is 61.5. The number of carbonyl (C=O) groups is 3. The van der Waals surface area contributed by atoms with Crippen LogP contribution >= 0.6 is 0 Å². The second kappa shape index (κ2) is 47.0. The fourth-order valence-electron chi connectivity index (χ4n) is 7.29. The van der Waals surface area contributed by atoms with Crippen molar-refractivity contribution in [1.29, 1.82) is 0 Å². The van der Waals surface area contributed by atoms with Crippen molar-refractivity contribution < 1.29 is 38.2 Å². The van der Waals surface area contributed by atoms with E-state index >= 15 is 0 Å². The number of hydrogen-bond acceptors (Lipinski definition) is 6. The topological polar surface area (TPSA) is 99.1 Å². The van der Waals surface area contributed by atoms with Crippen LogP contribution in [0.1, 0.15) is 206 Å². The number of esters is 2. The quantitative estimate of drug-likeness (QED) is 0.0281. The Morgan fingerprint density at radius 2 is 0.892 bits per heavy atom. The van der Waals surface area contributed by atoms with Gasteiger partial charge < -0.3 is 23.8 Å². The molecule has 372 valence electrons. The van der Waals surface area contributed by atoms with Crippen molar-refractivity contribution in [2.24, 2.45) is 0 Å². The molecule has 65 heavy (non-hydrogen) atoms. The van der Waals surface area contributed by atoms with Crippen molar-refractivity contribution in [2.45, 2.75) is 219 Å². The summed E-state index contributed by atoms with van der Waals surface area (Å²) in [5.74, 6) is -1.58. The number of aliphatic carboxylic acids is 1. The molecule has 8 heteroatoms. The molecule has 0 bridgehead atoms. The molecule has 0 aliphatic carbocycles. The van der Waals surface area contributed by atoms with Gasteiger partial charge in [0.05, 0.1) is 34.4 Å². The van der Waals surface area contributed by atoms with E-state index in [0.29, 0.717) is 19.3 Å². The van der Waals surface area contributed by atoms with Crippen LogP contribution in [0.25, 0.3) is 0 Å². The van der Waals surface area contributed by atoms with Crippen molar-refractivity contribution in [3.05, 3.63) is 85.1 Å². The number of hydrogen-bond donors (Lipinski definition) is 1. The van der Waals surface area contributed by atoms with Crippen LogP contribution < -0.4 is 0 Å². The van der Waals surface area contributed by atoms with E-state index in [9.17, 15) is 19.5 Å². The van der Waals surface area contributed by atoms with Crippen LogP contribution in [0.15, 0.2) is 85.1 Å². The lowest BCUT2D eigenvalue weighted by molar-refractivity contribution is -0.887. The summed E-state index contributed by atoms with van der Waals surface area (Å²) in [5.41, 5.74) is 0. The Morgan fingerprint density at radius 3 is 1.34 bits per heavy atom. The molecule has 0 aromatic carbocycles. The van der Waals surface area contributed by atoms with Crippen molar-refractivity contribution in [2.75, 3.05) is 41.0 Å². The van der Waals surface area contributed by atoms with E-state index in [1.807, 2.05) is 33.3 Å². The normalized spacial score (nSPS) is 13.6. The van der Waals surface area contributed by atoms with Gasteiger partial charge in [0.15, 0.2) is 12.1 Å². The second-order valence-corrected chi connectivity index (χ2v) is 18.4. The number of allylic oxidation sites excluding steroid dienone is 14. The third kappa shape index (κ3) is 45.5. The molecule has 0 heterocycles. The van der Waals surface area contributed by atoms with Crippen LogP contribution in [0.2, 0.25) is 0 Å². The highest BCUT2D eigenvalue weighted by molar-refractivity contribution is 5.72. The number of ether oxygens (including phenoxy) is 3. The zero-order chi connectivity index (χ0) is 47.7. The SMILES string of the molecule is CC/C=C/C/C=C/C/C=C/C/C=C/C/C=C/C/C=C/CCC(=O)OCC(COCCC(C(=O)O)[N+](C)(C)C)OC(=O)CCCCCCCCC/C=C/CCCCCCCCCCCCC. The number of quaternary nitrogens is 1. The molecule has 0 aromatic rings. The van der Waals surface area contributed by atoms with E-state index in [0.717, 1.165) is 57.8 Å². The summed E-state index contributed by atoms with van der Waals surface area (Å²) < 4.78 is 17.3. The van der Waals surface area contributed by atoms with Crippen molar-refractivity contribution in [1.82, 2.24) is 0 Å². The van der Waals surface area contributed by atoms with Gasteiger partial charge in [-0.2, -0.15) is 0 Å². The number of likely N-dealkylation sites (N-methyl/N-ethyl adjacent to an activating group) is 1. The molecule has 0 fully saturated rings. The van der Waals surface area contributed by atoms with E-state index < -0.39 is 18.1 Å². The minimum Gasteiger partial charge on any atom is -0.477 e. The second-order valence-electron chi connectivity index (χ2n) is 18.4. The summed E-state index contributed by atoms with van der Waals surface area (Å²) >= 11 is 0. The maximum absolute atomic E-state index is 12.8. The lowest BCUT2D eigenvalue weighted by Gasteiger charge is -2.31. The Balaban J connectivity index is 4.35. The molecule has 0 spiro atoms. The summed E-state index contributed by atoms with van der Waals surface area (Å²) in [6.45, 7) is 4.55. The Bertz CT molecular complexity index is 1330. The zero-order valence-corrected chi connectivity index (χ0v) is 42.4. The standard InChI is InChI=1S/C57H97NO7/c1-6-8-10-12-14-16-18-20-22-24-26-27-28-30-32-34-36-38-40-42-44-46-48-56(60)65-53(51-63-50-49-54(57(61)62)58(3,4)5)52-64-55(59)47-45-43-41-39-37-35-33-31-29-25-23-21-19-17-15-13-11-9-7-2/h9,11,15,17,21,23,28-31,35,37,41,43,53-54H,6-8,10,12-14,16,18-20,22,24-27,32-34,36,38-40,42,44-52H2,1-5H3/p+1/b11-9+,17-15+,23-21+,30-28+,31-29+,37-35+,43-41+. The molecule has 2 unspecified atom stereocenters. The van der Waals surface area contributed by atoms with Crippen molar-refractivity contribution in [3.63, 3.8) is 0 Å². The van der Waals surface area contributed by atoms with Crippen LogP contribution in [-0.2, 0) is 28.6 Å². The van der Waals surface area contributed by atoms with Gasteiger partial charge >= 0.3 is 17.9 Å². The Kier molecular flexibility index (Phi) is 44.5. The van der Waals surface area contributed by atoms with E-state index in [4.69, 9.17) is 14.2 Å². The fourth-order valence-corrected chi connectivity index (χ4v) is 7.29. The number of carbonyl (C=O) groups excluding carboxylic acids is 2. The molecule has 0 amide bonds. The highest BCUT2D eigenvalue weighted by atomic mass is 16.6. The maximum Gasteiger partial charge on any atom is 0.362 e. The Labute approximate surface area is 399 Å². The number of carboxylic acid groups (broad SMARTS) is 1. The number of rotatable bonds is 46. The van der Waals surface area contributed by atoms with Gasteiger partial charge in [-0.1, -0.05) is 195 Å². The van der Waals surface area contributed by atoms with Crippen molar-refractivity contribution in [3.8, 4) is 0 Å². The minimum atomic E-state index is -0.887. The van der Waals surface area contributed by atoms with E-state index in [1.54, 1.807) is 0 Å². The predicted molar refractivity (Wildman–Crippen MR) is 275 cm³/mol. The van der Waals surface area contributed by atoms with E-state index in [1.165, 1.54) is 109 Å². The Morgan fingerprint density at radius 1 is 0.477 bits per heavy atom. The molecule has 0 radical (unpaired) electrons. The maximum atomic E-state index is 12.8. The van der Waals surface area contributed by atoms with E-state index in [-0.39, 0.29) is 42.7 Å². The number of carboxylic acids is 1. The lowest BCUT2D eigenvalue weighted by atomic mass is 10.0. The molecule has 2 atom stereocenters. The predicted octanol–water partition coefficient (Wildman–Crippen LogP) is 15.3. The molecule has 8 nitrogen and oxygen atoms in total. The lowest BCUT2D eigenvalue weighted by Crippen LogP contribution is -2.50. The monoisotopic (exact) mass is 909 g/mol.